The summed E-state index contributed by atoms with van der Waals surface area (Å²) in [5, 5.41) is 36.6. The van der Waals surface area contributed by atoms with Crippen molar-refractivity contribution in [2.45, 2.75) is 425 Å². The van der Waals surface area contributed by atoms with Gasteiger partial charge in [0.25, 0.3) is 0 Å². The van der Waals surface area contributed by atoms with Gasteiger partial charge in [-0.25, -0.2) is 9.98 Å². The first-order chi connectivity index (χ1) is 58.0. The summed E-state index contributed by atoms with van der Waals surface area (Å²) in [5.41, 5.74) is 22.4. The zero-order valence-electron chi connectivity index (χ0n) is 93.2. The molecule has 0 fully saturated rings. The second kappa shape index (κ2) is 45.6. The minimum Gasteiger partial charge on any atom is -0.873 e. The fraction of sp³-hybridized carbons (Fsp3) is 0.600. The molecule has 10 nitrogen and oxygen atoms in total. The Kier molecular flexibility index (Phi) is 42.5. The van der Waals surface area contributed by atoms with E-state index in [2.05, 4.69) is 429 Å². The standard InChI is InChI=1S/2C28H42NO.2C28H41NO.2C4H10O.2Cu/c4*1-25(2,3)18-13-19(26(4,5)6)15-21(14-18)29-23-17-20(27(7,8)9)16-22(24(23)30)28(10,11)12;2*1-3-5-4-2;;/h2*13-17,30H,1-12H3;2*13-17H,1-12H3;2*3-4H2,1-2H3;;/q2*-1;;;;;2*+2/p-2. The fourth-order valence-corrected chi connectivity index (χ4v) is 13.9. The van der Waals surface area contributed by atoms with E-state index >= 15 is 0 Å². The first-order valence-electron chi connectivity index (χ1n) is 48.1. The maximum absolute atomic E-state index is 13.4. The second-order valence-corrected chi connectivity index (χ2v) is 52.6. The summed E-state index contributed by atoms with van der Waals surface area (Å²) in [4.78, 5) is 36.6. The average Bonchev–Trinajstić information content (AvgIpc) is 0.782. The Balaban J connectivity index is 0.000000844. The molecular formula is C120H184Cu2N4O6. The molecule has 0 saturated carbocycles. The molecule has 6 aromatic carbocycles. The van der Waals surface area contributed by atoms with E-state index in [4.69, 9.17) is 30.1 Å². The molecule has 132 heavy (non-hydrogen) atoms. The summed E-state index contributed by atoms with van der Waals surface area (Å²) in [6.45, 7) is 116. The molecule has 742 valence electrons. The molecule has 6 aromatic rings. The van der Waals surface area contributed by atoms with Crippen LogP contribution < -0.4 is 10.2 Å². The number of carbonyl (C=O) groups is 2. The molecule has 2 aliphatic carbocycles. The zero-order valence-corrected chi connectivity index (χ0v) is 95.1. The molecule has 2 radical (unpaired) electrons. The van der Waals surface area contributed by atoms with Gasteiger partial charge in [-0.3, -0.25) is 9.59 Å². The smallest absolute Gasteiger partial charge is 0.873 e. The molecule has 0 bridgehead atoms. The molecule has 0 heterocycles. The minimum absolute atomic E-state index is 0. The summed E-state index contributed by atoms with van der Waals surface area (Å²) in [7, 11) is 0. The van der Waals surface area contributed by atoms with Gasteiger partial charge >= 0.3 is 34.1 Å². The van der Waals surface area contributed by atoms with Crippen molar-refractivity contribution in [3.63, 3.8) is 0 Å². The van der Waals surface area contributed by atoms with E-state index in [0.29, 0.717) is 22.8 Å². The third-order valence-electron chi connectivity index (χ3n) is 23.4. The number of hydrogen-bond donors (Lipinski definition) is 0. The van der Waals surface area contributed by atoms with Gasteiger partial charge in [0, 0.05) is 37.6 Å². The molecule has 0 aromatic heterocycles. The number of benzene rings is 6. The van der Waals surface area contributed by atoms with E-state index in [-0.39, 0.29) is 144 Å². The van der Waals surface area contributed by atoms with Crippen molar-refractivity contribution < 1.29 is 63.4 Å². The number of carbonyl (C=O) groups excluding carboxylic acids is 2. The fourth-order valence-electron chi connectivity index (χ4n) is 13.9. The van der Waals surface area contributed by atoms with Crippen LogP contribution >= 0.6 is 0 Å². The van der Waals surface area contributed by atoms with Gasteiger partial charge in [-0.2, -0.15) is 0 Å². The van der Waals surface area contributed by atoms with Crippen LogP contribution in [0.4, 0.5) is 34.1 Å². The molecule has 0 saturated heterocycles. The number of rotatable bonds is 10. The Morgan fingerprint density at radius 1 is 0.242 bits per heavy atom. The van der Waals surface area contributed by atoms with E-state index in [1.165, 1.54) is 44.5 Å². The Bertz CT molecular complexity index is 4610. The van der Waals surface area contributed by atoms with Crippen LogP contribution in [-0.4, -0.2) is 49.4 Å². The minimum atomic E-state index is -0.230. The van der Waals surface area contributed by atoms with Gasteiger partial charge in [-0.05, 0) is 218 Å². The Morgan fingerprint density at radius 3 is 0.591 bits per heavy atom. The number of aliphatic imine (C=N–C) groups is 2. The maximum Gasteiger partial charge on any atom is 2.00 e. The predicted molar refractivity (Wildman–Crippen MR) is 566 cm³/mol. The van der Waals surface area contributed by atoms with Crippen molar-refractivity contribution in [2.75, 3.05) is 26.4 Å². The number of allylic oxidation sites excluding steroid dienone is 8. The molecule has 0 atom stereocenters. The molecule has 0 N–H and O–H groups in total. The predicted octanol–water partition coefficient (Wildman–Crippen LogP) is 34.4. The summed E-state index contributed by atoms with van der Waals surface area (Å²) < 4.78 is 9.67. The molecule has 8 rings (SSSR count). The van der Waals surface area contributed by atoms with E-state index in [1.54, 1.807) is 0 Å². The van der Waals surface area contributed by atoms with Gasteiger partial charge in [0.1, 0.15) is 11.4 Å². The molecule has 0 aliphatic heterocycles. The van der Waals surface area contributed by atoms with Gasteiger partial charge < -0.3 is 30.3 Å². The van der Waals surface area contributed by atoms with Crippen LogP contribution in [-0.2, 0) is 118 Å². The van der Waals surface area contributed by atoms with Crippen LogP contribution in [0.2, 0.25) is 0 Å². The number of ether oxygens (including phenoxy) is 2. The van der Waals surface area contributed by atoms with Crippen molar-refractivity contribution in [2.24, 2.45) is 31.6 Å². The zero-order chi connectivity index (χ0) is 101. The van der Waals surface area contributed by atoms with E-state index in [1.807, 2.05) is 52.0 Å². The number of Topliss-reactive ketones (excluding diaryl/α,β-unsaturated/α-hetero) is 2. The van der Waals surface area contributed by atoms with E-state index in [9.17, 15) is 19.8 Å². The SMILES string of the molecule is CC(C)(C)C1=CC(=Nc2cc(C(C)(C)C)cc(C(C)(C)C)c2)C(=O)C(C(C)(C)C)=C1.CC(C)(C)C1=CC(=Nc2cc(C(C)(C)C)cc(C(C)(C)C)c2)C(=O)C(C(C)(C)C)=C1.CC(C)(C)c1cc([N-]c2cc(C(C)(C)C)cc(C(C)(C)C)c2[O-])cc(C(C)(C)C)c1.CC(C)(C)c1cc([N-]c2cc(C(C)(C)C)cc(C(C)(C)C)c2[O-])cc(C(C)(C)C)c1.CCOCC.CCOCC.[Cu+2].[Cu+2]. The van der Waals surface area contributed by atoms with E-state index in [0.717, 1.165) is 93.7 Å². The Hall–Kier alpha value is -6.88. The van der Waals surface area contributed by atoms with Crippen molar-refractivity contribution in [1.29, 1.82) is 0 Å². The summed E-state index contributed by atoms with van der Waals surface area (Å²) in [6, 6.07) is 34.3. The van der Waals surface area contributed by atoms with Crippen LogP contribution in [0.5, 0.6) is 11.5 Å². The topological polar surface area (TPSA) is 152 Å². The Morgan fingerprint density at radius 2 is 0.432 bits per heavy atom. The first kappa shape index (κ1) is 123. The molecular weight excluding hydrogens is 1720 g/mol. The third kappa shape index (κ3) is 37.6. The second-order valence-electron chi connectivity index (χ2n) is 52.6. The van der Waals surface area contributed by atoms with Gasteiger partial charge in [0.2, 0.25) is 11.6 Å². The average molecular weight is 1910 g/mol. The van der Waals surface area contributed by atoms with Crippen molar-refractivity contribution >= 4 is 57.1 Å². The summed E-state index contributed by atoms with van der Waals surface area (Å²) in [5.74, 6) is 0.144. The number of hydrogen-bond acceptors (Lipinski definition) is 8. The largest absolute Gasteiger partial charge is 2.00 e. The van der Waals surface area contributed by atoms with Gasteiger partial charge in [0.15, 0.2) is 0 Å². The van der Waals surface area contributed by atoms with Crippen molar-refractivity contribution in [3.8, 4) is 11.5 Å². The summed E-state index contributed by atoms with van der Waals surface area (Å²) >= 11 is 0. The quantitative estimate of drug-likeness (QED) is 0.0984. The van der Waals surface area contributed by atoms with Crippen molar-refractivity contribution in [1.82, 2.24) is 0 Å². The van der Waals surface area contributed by atoms with Gasteiger partial charge in [0.05, 0.1) is 11.4 Å². The number of nitrogens with zero attached hydrogens (tertiary/aromatic N) is 4. The molecule has 12 heteroatoms. The van der Waals surface area contributed by atoms with Crippen LogP contribution in [0, 0.1) is 21.7 Å². The maximum atomic E-state index is 13.4. The molecule has 2 aliphatic rings. The van der Waals surface area contributed by atoms with Crippen LogP contribution in [0.1, 0.15) is 427 Å². The van der Waals surface area contributed by atoms with Crippen LogP contribution in [0.3, 0.4) is 0 Å². The van der Waals surface area contributed by atoms with Gasteiger partial charge in [-0.1, -0.05) is 428 Å². The van der Waals surface area contributed by atoms with Crippen LogP contribution in [0.15, 0.2) is 154 Å². The van der Waals surface area contributed by atoms with E-state index < -0.39 is 0 Å². The monoisotopic (exact) mass is 1900 g/mol. The molecule has 0 amide bonds. The van der Waals surface area contributed by atoms with Gasteiger partial charge in [-0.15, -0.1) is 34.2 Å². The first-order valence-corrected chi connectivity index (χ1v) is 48.1. The molecule has 0 spiro atoms. The third-order valence-corrected chi connectivity index (χ3v) is 23.4. The number of ketones is 2. The van der Waals surface area contributed by atoms with Crippen LogP contribution in [0.25, 0.3) is 10.6 Å². The molecule has 0 unspecified atom stereocenters. The van der Waals surface area contributed by atoms with Crippen molar-refractivity contribution in [3.05, 3.63) is 221 Å². The normalized spacial score (nSPS) is 14.9. The summed E-state index contributed by atoms with van der Waals surface area (Å²) in [6.07, 6.45) is 8.12. The Labute approximate surface area is 830 Å².